The van der Waals surface area contributed by atoms with Crippen molar-refractivity contribution in [2.45, 2.75) is 33.1 Å². The van der Waals surface area contributed by atoms with Gasteiger partial charge in [0.25, 0.3) is 0 Å². The predicted molar refractivity (Wildman–Crippen MR) is 56.3 cm³/mol. The van der Waals surface area contributed by atoms with E-state index in [-0.39, 0.29) is 0 Å². The Morgan fingerprint density at radius 3 is 2.75 bits per heavy atom. The van der Waals surface area contributed by atoms with Gasteiger partial charge in [0.15, 0.2) is 0 Å². The largest absolute Gasteiger partial charge is 0.317 e. The summed E-state index contributed by atoms with van der Waals surface area (Å²) in [4.78, 5) is 0. The maximum Gasteiger partial charge on any atom is -0.00143 e. The van der Waals surface area contributed by atoms with Gasteiger partial charge in [0.1, 0.15) is 0 Å². The fourth-order valence-electron chi connectivity index (χ4n) is 1.03. The van der Waals surface area contributed by atoms with Crippen LogP contribution >= 0.6 is 0 Å². The summed E-state index contributed by atoms with van der Waals surface area (Å²) in [6.45, 7) is 10.2. The Labute approximate surface area is 76.6 Å². The summed E-state index contributed by atoms with van der Waals surface area (Å²) in [6.07, 6.45) is 7.70. The molecule has 0 unspecified atom stereocenters. The first-order chi connectivity index (χ1) is 5.81. The molecule has 0 bridgehead atoms. The molecule has 0 radical (unpaired) electrons. The lowest BCUT2D eigenvalue weighted by Gasteiger charge is -1.99. The van der Waals surface area contributed by atoms with E-state index in [4.69, 9.17) is 0 Å². The lowest BCUT2D eigenvalue weighted by atomic mass is 10.1. The van der Waals surface area contributed by atoms with Crippen molar-refractivity contribution in [3.63, 3.8) is 0 Å². The summed E-state index contributed by atoms with van der Waals surface area (Å²) in [5, 5.41) is 3.29. The van der Waals surface area contributed by atoms with Gasteiger partial charge in [-0.3, -0.25) is 0 Å². The molecule has 12 heavy (non-hydrogen) atoms. The van der Waals surface area contributed by atoms with Gasteiger partial charge in [-0.25, -0.2) is 0 Å². The first-order valence-corrected chi connectivity index (χ1v) is 4.78. The molecule has 0 heterocycles. The normalized spacial score (nSPS) is 11.7. The van der Waals surface area contributed by atoms with Gasteiger partial charge in [0.05, 0.1) is 0 Å². The standard InChI is InChI=1S/C11H21N/c1-4-6-8-11(3)9-7-10-12-5-2/h4,9,12H,1,5-8,10H2,2-3H3. The van der Waals surface area contributed by atoms with Crippen molar-refractivity contribution in [2.75, 3.05) is 13.1 Å². The third-order valence-corrected chi connectivity index (χ3v) is 1.81. The molecule has 1 heteroatoms. The third-order valence-electron chi connectivity index (χ3n) is 1.81. The summed E-state index contributed by atoms with van der Waals surface area (Å²) in [6, 6.07) is 0. The molecule has 0 atom stereocenters. The zero-order valence-electron chi connectivity index (χ0n) is 8.40. The van der Waals surface area contributed by atoms with E-state index in [9.17, 15) is 0 Å². The van der Waals surface area contributed by atoms with Crippen molar-refractivity contribution >= 4 is 0 Å². The monoisotopic (exact) mass is 167 g/mol. The first kappa shape index (κ1) is 11.4. The van der Waals surface area contributed by atoms with Crippen LogP contribution in [0.2, 0.25) is 0 Å². The van der Waals surface area contributed by atoms with Crippen molar-refractivity contribution in [3.05, 3.63) is 24.3 Å². The molecule has 0 aromatic carbocycles. The zero-order valence-corrected chi connectivity index (χ0v) is 8.40. The van der Waals surface area contributed by atoms with Crippen molar-refractivity contribution in [3.8, 4) is 0 Å². The topological polar surface area (TPSA) is 12.0 Å². The van der Waals surface area contributed by atoms with Gasteiger partial charge < -0.3 is 5.32 Å². The third kappa shape index (κ3) is 7.55. The van der Waals surface area contributed by atoms with Crippen LogP contribution in [0.5, 0.6) is 0 Å². The Morgan fingerprint density at radius 1 is 1.42 bits per heavy atom. The van der Waals surface area contributed by atoms with Crippen LogP contribution in [0.1, 0.15) is 33.1 Å². The SMILES string of the molecule is C=CCCC(C)=CCCNCC. The minimum atomic E-state index is 1.07. The molecule has 0 saturated carbocycles. The minimum Gasteiger partial charge on any atom is -0.317 e. The van der Waals surface area contributed by atoms with Crippen LogP contribution in [0.4, 0.5) is 0 Å². The number of hydrogen-bond donors (Lipinski definition) is 1. The highest BCUT2D eigenvalue weighted by molar-refractivity contribution is 4.99. The lowest BCUT2D eigenvalue weighted by molar-refractivity contribution is 0.723. The van der Waals surface area contributed by atoms with Gasteiger partial charge in [0, 0.05) is 0 Å². The van der Waals surface area contributed by atoms with E-state index in [0.717, 1.165) is 32.4 Å². The first-order valence-electron chi connectivity index (χ1n) is 4.78. The van der Waals surface area contributed by atoms with E-state index in [0.29, 0.717) is 0 Å². The van der Waals surface area contributed by atoms with Crippen molar-refractivity contribution in [1.29, 1.82) is 0 Å². The van der Waals surface area contributed by atoms with E-state index < -0.39 is 0 Å². The van der Waals surface area contributed by atoms with Gasteiger partial charge in [-0.2, -0.15) is 0 Å². The Bertz CT molecular complexity index is 136. The number of allylic oxidation sites excluding steroid dienone is 2. The van der Waals surface area contributed by atoms with Gasteiger partial charge in [-0.05, 0) is 39.3 Å². The average Bonchev–Trinajstić information content (AvgIpc) is 2.09. The Morgan fingerprint density at radius 2 is 2.17 bits per heavy atom. The van der Waals surface area contributed by atoms with Crippen LogP contribution in [0.3, 0.4) is 0 Å². The van der Waals surface area contributed by atoms with E-state index in [1.807, 2.05) is 6.08 Å². The van der Waals surface area contributed by atoms with Crippen molar-refractivity contribution in [2.24, 2.45) is 0 Å². The van der Waals surface area contributed by atoms with E-state index in [1.54, 1.807) is 0 Å². The molecule has 0 spiro atoms. The summed E-state index contributed by atoms with van der Waals surface area (Å²) >= 11 is 0. The smallest absolute Gasteiger partial charge is 0.00143 e. The van der Waals surface area contributed by atoms with Gasteiger partial charge in [-0.15, -0.1) is 6.58 Å². The average molecular weight is 167 g/mol. The molecule has 0 aromatic rings. The highest BCUT2D eigenvalue weighted by Crippen LogP contribution is 2.04. The second-order valence-corrected chi connectivity index (χ2v) is 3.02. The second-order valence-electron chi connectivity index (χ2n) is 3.02. The number of hydrogen-bond acceptors (Lipinski definition) is 1. The van der Waals surface area contributed by atoms with E-state index in [2.05, 4.69) is 31.8 Å². The molecule has 70 valence electrons. The fraction of sp³-hybridized carbons (Fsp3) is 0.636. The highest BCUT2D eigenvalue weighted by Gasteiger charge is 1.87. The minimum absolute atomic E-state index is 1.07. The summed E-state index contributed by atoms with van der Waals surface area (Å²) < 4.78 is 0. The Hall–Kier alpha value is -0.560. The molecule has 0 amide bonds. The summed E-state index contributed by atoms with van der Waals surface area (Å²) in [5.74, 6) is 0. The Balaban J connectivity index is 3.34. The maximum atomic E-state index is 3.70. The molecule has 0 rings (SSSR count). The number of rotatable bonds is 7. The maximum absolute atomic E-state index is 3.70. The number of nitrogens with one attached hydrogen (secondary N) is 1. The quantitative estimate of drug-likeness (QED) is 0.454. The van der Waals surface area contributed by atoms with Crippen molar-refractivity contribution < 1.29 is 0 Å². The Kier molecular flexibility index (Phi) is 8.14. The van der Waals surface area contributed by atoms with E-state index in [1.165, 1.54) is 5.57 Å². The van der Waals surface area contributed by atoms with Gasteiger partial charge in [0.2, 0.25) is 0 Å². The van der Waals surface area contributed by atoms with Crippen molar-refractivity contribution in [1.82, 2.24) is 5.32 Å². The lowest BCUT2D eigenvalue weighted by Crippen LogP contribution is -2.13. The van der Waals surface area contributed by atoms with E-state index >= 15 is 0 Å². The van der Waals surface area contributed by atoms with Gasteiger partial charge in [-0.1, -0.05) is 24.6 Å². The molecule has 0 aromatic heterocycles. The van der Waals surface area contributed by atoms with Crippen LogP contribution in [0, 0.1) is 0 Å². The molecule has 0 fully saturated rings. The van der Waals surface area contributed by atoms with Crippen LogP contribution in [-0.4, -0.2) is 13.1 Å². The van der Waals surface area contributed by atoms with Gasteiger partial charge >= 0.3 is 0 Å². The van der Waals surface area contributed by atoms with Crippen LogP contribution < -0.4 is 5.32 Å². The molecule has 0 aliphatic carbocycles. The highest BCUT2D eigenvalue weighted by atomic mass is 14.8. The second kappa shape index (κ2) is 8.54. The molecule has 0 saturated heterocycles. The van der Waals surface area contributed by atoms with Crippen LogP contribution in [0.15, 0.2) is 24.3 Å². The molecule has 0 aliphatic rings. The predicted octanol–water partition coefficient (Wildman–Crippen LogP) is 2.90. The summed E-state index contributed by atoms with van der Waals surface area (Å²) in [7, 11) is 0. The van der Waals surface area contributed by atoms with Crippen LogP contribution in [0.25, 0.3) is 0 Å². The molecule has 0 aliphatic heterocycles. The summed E-state index contributed by atoms with van der Waals surface area (Å²) in [5.41, 5.74) is 1.48. The zero-order chi connectivity index (χ0) is 9.23. The molecule has 1 N–H and O–H groups in total. The molecular weight excluding hydrogens is 146 g/mol. The molecular formula is C11H21N. The fourth-order valence-corrected chi connectivity index (χ4v) is 1.03. The molecule has 1 nitrogen and oxygen atoms in total. The van der Waals surface area contributed by atoms with Crippen LogP contribution in [-0.2, 0) is 0 Å².